The number of hydrogen-bond acceptors (Lipinski definition) is 2. The summed E-state index contributed by atoms with van der Waals surface area (Å²) in [6.07, 6.45) is 10.0. The highest BCUT2D eigenvalue weighted by Gasteiger charge is 2.19. The van der Waals surface area contributed by atoms with Crippen LogP contribution in [0.25, 0.3) is 6.08 Å². The Balaban J connectivity index is 1.81. The minimum absolute atomic E-state index is 0.807. The molecule has 0 aromatic carbocycles. The number of aryl methyl sites for hydroxylation is 1. The second kappa shape index (κ2) is 5.64. The van der Waals surface area contributed by atoms with Gasteiger partial charge < -0.3 is 5.32 Å². The molecule has 88 valence electrons. The Kier molecular flexibility index (Phi) is 4.18. The smallest absolute Gasteiger partial charge is 0.0748 e. The van der Waals surface area contributed by atoms with Crippen LogP contribution in [0.3, 0.4) is 0 Å². The van der Waals surface area contributed by atoms with Gasteiger partial charge in [-0.3, -0.25) is 4.68 Å². The van der Waals surface area contributed by atoms with Crippen LogP contribution in [0.15, 0.2) is 16.7 Å². The van der Waals surface area contributed by atoms with E-state index in [0.29, 0.717) is 0 Å². The molecular formula is C12H18BrN3. The van der Waals surface area contributed by atoms with Crippen molar-refractivity contribution in [3.05, 3.63) is 22.4 Å². The third kappa shape index (κ3) is 3.19. The summed E-state index contributed by atoms with van der Waals surface area (Å²) in [6, 6.07) is 0.807. The van der Waals surface area contributed by atoms with Crippen LogP contribution in [0.5, 0.6) is 0 Å². The molecule has 1 aliphatic rings. The van der Waals surface area contributed by atoms with Gasteiger partial charge in [-0.15, -0.1) is 0 Å². The lowest BCUT2D eigenvalue weighted by atomic mass is 10.3. The van der Waals surface area contributed by atoms with E-state index in [1.165, 1.54) is 12.8 Å². The molecule has 0 unspecified atom stereocenters. The second-order valence-electron chi connectivity index (χ2n) is 4.11. The van der Waals surface area contributed by atoms with Crippen molar-refractivity contribution in [2.45, 2.75) is 38.8 Å². The number of rotatable bonds is 6. The average Bonchev–Trinajstić information content (AvgIpc) is 3.04. The number of halogens is 1. The first-order valence-corrected chi connectivity index (χ1v) is 6.71. The highest BCUT2D eigenvalue weighted by atomic mass is 79.9. The van der Waals surface area contributed by atoms with Gasteiger partial charge in [-0.2, -0.15) is 5.10 Å². The van der Waals surface area contributed by atoms with Crippen molar-refractivity contribution in [3.63, 3.8) is 0 Å². The van der Waals surface area contributed by atoms with Gasteiger partial charge in [0.25, 0.3) is 0 Å². The fraction of sp³-hybridized carbons (Fsp3) is 0.583. The molecule has 1 saturated carbocycles. The van der Waals surface area contributed by atoms with Gasteiger partial charge in [0.05, 0.1) is 16.4 Å². The Bertz CT molecular complexity index is 366. The van der Waals surface area contributed by atoms with Crippen molar-refractivity contribution in [2.75, 3.05) is 6.54 Å². The summed E-state index contributed by atoms with van der Waals surface area (Å²) >= 11 is 3.51. The quantitative estimate of drug-likeness (QED) is 0.814. The Hall–Kier alpha value is -0.610. The van der Waals surface area contributed by atoms with Gasteiger partial charge in [-0.05, 0) is 54.7 Å². The molecule has 0 atom stereocenters. The zero-order valence-corrected chi connectivity index (χ0v) is 11.2. The summed E-state index contributed by atoms with van der Waals surface area (Å²) in [5.74, 6) is 0. The van der Waals surface area contributed by atoms with Crippen LogP contribution in [0.1, 0.15) is 31.9 Å². The number of nitrogens with one attached hydrogen (secondary N) is 1. The number of hydrogen-bond donors (Lipinski definition) is 1. The summed E-state index contributed by atoms with van der Waals surface area (Å²) in [5, 5.41) is 7.77. The average molecular weight is 284 g/mol. The van der Waals surface area contributed by atoms with E-state index in [-0.39, 0.29) is 0 Å². The Morgan fingerprint density at radius 2 is 2.44 bits per heavy atom. The Morgan fingerprint density at radius 1 is 1.62 bits per heavy atom. The zero-order chi connectivity index (χ0) is 11.4. The molecule has 1 aliphatic carbocycles. The predicted molar refractivity (Wildman–Crippen MR) is 70.3 cm³/mol. The van der Waals surface area contributed by atoms with E-state index in [1.54, 1.807) is 0 Å². The van der Waals surface area contributed by atoms with Crippen LogP contribution in [0.4, 0.5) is 0 Å². The highest BCUT2D eigenvalue weighted by Crippen LogP contribution is 2.19. The first-order valence-electron chi connectivity index (χ1n) is 5.92. The fourth-order valence-corrected chi connectivity index (χ4v) is 2.07. The number of nitrogens with zero attached hydrogens (tertiary/aromatic N) is 2. The van der Waals surface area contributed by atoms with Gasteiger partial charge in [0.1, 0.15) is 0 Å². The van der Waals surface area contributed by atoms with E-state index >= 15 is 0 Å². The minimum atomic E-state index is 0.807. The van der Waals surface area contributed by atoms with Crippen molar-refractivity contribution in [1.29, 1.82) is 0 Å². The molecule has 1 N–H and O–H groups in total. The highest BCUT2D eigenvalue weighted by molar-refractivity contribution is 9.10. The van der Waals surface area contributed by atoms with Gasteiger partial charge in [0.2, 0.25) is 0 Å². The van der Waals surface area contributed by atoms with Crippen molar-refractivity contribution in [1.82, 2.24) is 15.1 Å². The maximum atomic E-state index is 4.27. The van der Waals surface area contributed by atoms with Crippen LogP contribution < -0.4 is 5.32 Å². The lowest BCUT2D eigenvalue weighted by molar-refractivity contribution is 0.653. The van der Waals surface area contributed by atoms with E-state index in [1.807, 2.05) is 10.9 Å². The molecule has 1 fully saturated rings. The summed E-state index contributed by atoms with van der Waals surface area (Å²) in [5.41, 5.74) is 1.16. The van der Waals surface area contributed by atoms with Crippen molar-refractivity contribution in [2.24, 2.45) is 0 Å². The topological polar surface area (TPSA) is 29.9 Å². The summed E-state index contributed by atoms with van der Waals surface area (Å²) in [4.78, 5) is 0. The molecule has 3 nitrogen and oxygen atoms in total. The molecular weight excluding hydrogens is 266 g/mol. The lowest BCUT2D eigenvalue weighted by Gasteiger charge is -2.00. The van der Waals surface area contributed by atoms with Gasteiger partial charge in [0, 0.05) is 12.6 Å². The third-order valence-electron chi connectivity index (χ3n) is 2.73. The molecule has 16 heavy (non-hydrogen) atoms. The molecule has 1 aromatic heterocycles. The van der Waals surface area contributed by atoms with Crippen LogP contribution in [0, 0.1) is 0 Å². The van der Waals surface area contributed by atoms with Crippen LogP contribution >= 0.6 is 15.9 Å². The van der Waals surface area contributed by atoms with Gasteiger partial charge >= 0.3 is 0 Å². The molecule has 0 amide bonds. The largest absolute Gasteiger partial charge is 0.314 e. The normalized spacial score (nSPS) is 16.1. The van der Waals surface area contributed by atoms with Crippen molar-refractivity contribution < 1.29 is 0 Å². The first-order chi connectivity index (χ1) is 7.81. The third-order valence-corrected chi connectivity index (χ3v) is 3.34. The molecule has 2 rings (SSSR count). The van der Waals surface area contributed by atoms with E-state index in [9.17, 15) is 0 Å². The minimum Gasteiger partial charge on any atom is -0.314 e. The van der Waals surface area contributed by atoms with Crippen molar-refractivity contribution in [3.8, 4) is 0 Å². The SMILES string of the molecule is CCn1ncc(Br)c1/C=C/CCNC1CC1. The van der Waals surface area contributed by atoms with Gasteiger partial charge in [0.15, 0.2) is 0 Å². The van der Waals surface area contributed by atoms with Gasteiger partial charge in [-0.1, -0.05) is 6.08 Å². The molecule has 0 saturated heterocycles. The first kappa shape index (κ1) is 11.9. The molecule has 4 heteroatoms. The molecule has 0 aliphatic heterocycles. The molecule has 1 heterocycles. The monoisotopic (exact) mass is 283 g/mol. The summed E-state index contributed by atoms with van der Waals surface area (Å²) in [7, 11) is 0. The van der Waals surface area contributed by atoms with Crippen LogP contribution in [0.2, 0.25) is 0 Å². The fourth-order valence-electron chi connectivity index (χ4n) is 1.64. The standard InChI is InChI=1S/C12H18BrN3/c1-2-16-12(11(13)9-15-16)5-3-4-8-14-10-6-7-10/h3,5,9-10,14H,2,4,6-8H2,1H3/b5-3+. The van der Waals surface area contributed by atoms with Crippen LogP contribution in [-0.2, 0) is 6.54 Å². The Morgan fingerprint density at radius 3 is 3.12 bits per heavy atom. The van der Waals surface area contributed by atoms with E-state index in [4.69, 9.17) is 0 Å². The molecule has 0 spiro atoms. The van der Waals surface area contributed by atoms with E-state index in [2.05, 4.69) is 45.4 Å². The van der Waals surface area contributed by atoms with Gasteiger partial charge in [-0.25, -0.2) is 0 Å². The maximum Gasteiger partial charge on any atom is 0.0748 e. The van der Waals surface area contributed by atoms with Crippen molar-refractivity contribution >= 4 is 22.0 Å². The molecule has 0 radical (unpaired) electrons. The lowest BCUT2D eigenvalue weighted by Crippen LogP contribution is -2.16. The Labute approximate surface area is 105 Å². The summed E-state index contributed by atoms with van der Waals surface area (Å²) < 4.78 is 3.07. The molecule has 1 aromatic rings. The van der Waals surface area contributed by atoms with E-state index in [0.717, 1.165) is 35.7 Å². The second-order valence-corrected chi connectivity index (χ2v) is 4.97. The zero-order valence-electron chi connectivity index (χ0n) is 9.62. The predicted octanol–water partition coefficient (Wildman–Crippen LogP) is 2.82. The number of aromatic nitrogens is 2. The van der Waals surface area contributed by atoms with E-state index < -0.39 is 0 Å². The maximum absolute atomic E-state index is 4.27. The molecule has 0 bridgehead atoms. The summed E-state index contributed by atoms with van der Waals surface area (Å²) in [6.45, 7) is 4.09. The van der Waals surface area contributed by atoms with Crippen LogP contribution in [-0.4, -0.2) is 22.4 Å².